The Morgan fingerprint density at radius 3 is 2.30 bits per heavy atom. The minimum absolute atomic E-state index is 0.0529. The number of amides is 1. The van der Waals surface area contributed by atoms with Gasteiger partial charge in [0.05, 0.1) is 7.11 Å². The fourth-order valence-corrected chi connectivity index (χ4v) is 3.36. The SMILES string of the molecule is COc1ccc(CCN(Cc2ccc(F)cc2)C(=O)COc2ccc(Cl)cc2C(=O)O)cc1. The van der Waals surface area contributed by atoms with Gasteiger partial charge in [0.15, 0.2) is 6.61 Å². The van der Waals surface area contributed by atoms with Gasteiger partial charge in [0, 0.05) is 18.1 Å². The Balaban J connectivity index is 1.72. The normalized spacial score (nSPS) is 10.5. The van der Waals surface area contributed by atoms with Crippen LogP contribution >= 0.6 is 11.6 Å². The monoisotopic (exact) mass is 471 g/mol. The van der Waals surface area contributed by atoms with E-state index in [4.69, 9.17) is 21.1 Å². The summed E-state index contributed by atoms with van der Waals surface area (Å²) in [5, 5.41) is 9.61. The van der Waals surface area contributed by atoms with Gasteiger partial charge >= 0.3 is 5.97 Å². The van der Waals surface area contributed by atoms with Crippen LogP contribution in [0.5, 0.6) is 11.5 Å². The van der Waals surface area contributed by atoms with E-state index in [1.54, 1.807) is 24.1 Å². The molecule has 0 radical (unpaired) electrons. The fraction of sp³-hybridized carbons (Fsp3) is 0.200. The van der Waals surface area contributed by atoms with Gasteiger partial charge in [-0.15, -0.1) is 0 Å². The molecule has 0 aliphatic carbocycles. The van der Waals surface area contributed by atoms with Crippen LogP contribution < -0.4 is 9.47 Å². The van der Waals surface area contributed by atoms with Crippen molar-refractivity contribution in [1.82, 2.24) is 4.90 Å². The zero-order valence-corrected chi connectivity index (χ0v) is 18.7. The highest BCUT2D eigenvalue weighted by molar-refractivity contribution is 6.31. The van der Waals surface area contributed by atoms with Crippen LogP contribution in [-0.4, -0.2) is 42.1 Å². The van der Waals surface area contributed by atoms with Gasteiger partial charge in [-0.2, -0.15) is 0 Å². The standard InChI is InChI=1S/C25H23ClFNO5/c1-32-21-9-4-17(5-10-21)12-13-28(15-18-2-7-20(27)8-3-18)24(29)16-33-23-11-6-19(26)14-22(23)25(30)31/h2-11,14H,12-13,15-16H2,1H3,(H,30,31). The second kappa shape index (κ2) is 11.3. The molecule has 172 valence electrons. The number of rotatable bonds is 10. The van der Waals surface area contributed by atoms with Crippen LogP contribution in [0.25, 0.3) is 0 Å². The lowest BCUT2D eigenvalue weighted by Crippen LogP contribution is -2.36. The van der Waals surface area contributed by atoms with E-state index in [1.807, 2.05) is 24.3 Å². The Bertz CT molecular complexity index is 1100. The number of hydrogen-bond donors (Lipinski definition) is 1. The zero-order valence-electron chi connectivity index (χ0n) is 18.0. The Morgan fingerprint density at radius 2 is 1.67 bits per heavy atom. The minimum Gasteiger partial charge on any atom is -0.497 e. The molecule has 0 heterocycles. The van der Waals surface area contributed by atoms with Crippen molar-refractivity contribution in [2.24, 2.45) is 0 Å². The highest BCUT2D eigenvalue weighted by atomic mass is 35.5. The molecule has 3 rings (SSSR count). The average molecular weight is 472 g/mol. The molecule has 33 heavy (non-hydrogen) atoms. The number of ether oxygens (including phenoxy) is 2. The molecule has 3 aromatic carbocycles. The van der Waals surface area contributed by atoms with Crippen LogP contribution in [0, 0.1) is 5.82 Å². The van der Waals surface area contributed by atoms with Crippen molar-refractivity contribution in [3.8, 4) is 11.5 Å². The van der Waals surface area contributed by atoms with Crippen molar-refractivity contribution in [2.45, 2.75) is 13.0 Å². The van der Waals surface area contributed by atoms with Crippen LogP contribution in [0.1, 0.15) is 21.5 Å². The third-order valence-electron chi connectivity index (χ3n) is 4.99. The minimum atomic E-state index is -1.21. The molecule has 0 spiro atoms. The largest absolute Gasteiger partial charge is 0.497 e. The van der Waals surface area contributed by atoms with Gasteiger partial charge in [0.2, 0.25) is 0 Å². The lowest BCUT2D eigenvalue weighted by Gasteiger charge is -2.23. The maximum absolute atomic E-state index is 13.3. The van der Waals surface area contributed by atoms with E-state index >= 15 is 0 Å². The second-order valence-electron chi connectivity index (χ2n) is 7.27. The first-order chi connectivity index (χ1) is 15.9. The summed E-state index contributed by atoms with van der Waals surface area (Å²) in [5.74, 6) is -1.11. The predicted octanol–water partition coefficient (Wildman–Crippen LogP) is 4.84. The third-order valence-corrected chi connectivity index (χ3v) is 5.23. The summed E-state index contributed by atoms with van der Waals surface area (Å²) in [5.41, 5.74) is 1.65. The van der Waals surface area contributed by atoms with E-state index in [0.29, 0.717) is 13.0 Å². The summed E-state index contributed by atoms with van der Waals surface area (Å²) in [4.78, 5) is 26.0. The van der Waals surface area contributed by atoms with Crippen LogP contribution in [0.3, 0.4) is 0 Å². The van der Waals surface area contributed by atoms with Gasteiger partial charge in [-0.05, 0) is 60.0 Å². The number of benzene rings is 3. The summed E-state index contributed by atoms with van der Waals surface area (Å²) in [6.45, 7) is 0.287. The summed E-state index contributed by atoms with van der Waals surface area (Å²) < 4.78 is 24.0. The van der Waals surface area contributed by atoms with Crippen molar-refractivity contribution >= 4 is 23.5 Å². The maximum Gasteiger partial charge on any atom is 0.339 e. The molecule has 0 saturated heterocycles. The Hall–Kier alpha value is -3.58. The molecule has 1 N–H and O–H groups in total. The van der Waals surface area contributed by atoms with Crippen LogP contribution in [-0.2, 0) is 17.8 Å². The Labute approximate surface area is 196 Å². The highest BCUT2D eigenvalue weighted by Gasteiger charge is 2.18. The topological polar surface area (TPSA) is 76.1 Å². The molecule has 0 atom stereocenters. The summed E-state index contributed by atoms with van der Waals surface area (Å²) in [6, 6.07) is 17.6. The number of nitrogens with zero attached hydrogens (tertiary/aromatic N) is 1. The molecule has 8 heteroatoms. The highest BCUT2D eigenvalue weighted by Crippen LogP contribution is 2.23. The summed E-state index contributed by atoms with van der Waals surface area (Å²) >= 11 is 5.87. The van der Waals surface area contributed by atoms with Crippen molar-refractivity contribution in [2.75, 3.05) is 20.3 Å². The number of hydrogen-bond acceptors (Lipinski definition) is 4. The first-order valence-corrected chi connectivity index (χ1v) is 10.5. The van der Waals surface area contributed by atoms with Gasteiger partial charge in [-0.1, -0.05) is 35.9 Å². The zero-order chi connectivity index (χ0) is 23.8. The van der Waals surface area contributed by atoms with Crippen LogP contribution in [0.4, 0.5) is 4.39 Å². The van der Waals surface area contributed by atoms with E-state index in [2.05, 4.69) is 0 Å². The van der Waals surface area contributed by atoms with Gasteiger partial charge in [0.1, 0.15) is 22.9 Å². The molecule has 0 unspecified atom stereocenters. The quantitative estimate of drug-likeness (QED) is 0.458. The van der Waals surface area contributed by atoms with E-state index in [9.17, 15) is 19.1 Å². The number of halogens is 2. The molecule has 3 aromatic rings. The van der Waals surface area contributed by atoms with Crippen molar-refractivity contribution in [3.63, 3.8) is 0 Å². The van der Waals surface area contributed by atoms with Crippen LogP contribution in [0.15, 0.2) is 66.7 Å². The van der Waals surface area contributed by atoms with Gasteiger partial charge in [0.25, 0.3) is 5.91 Å². The molecular weight excluding hydrogens is 449 g/mol. The fourth-order valence-electron chi connectivity index (χ4n) is 3.18. The molecule has 0 bridgehead atoms. The number of carboxylic acids is 1. The third kappa shape index (κ3) is 6.95. The van der Waals surface area contributed by atoms with Crippen molar-refractivity contribution in [3.05, 3.63) is 94.3 Å². The molecule has 0 aliphatic heterocycles. The number of carbonyl (C=O) groups excluding carboxylic acids is 1. The summed E-state index contributed by atoms with van der Waals surface area (Å²) in [6.07, 6.45) is 0.582. The van der Waals surface area contributed by atoms with E-state index < -0.39 is 5.97 Å². The Kier molecular flexibility index (Phi) is 8.27. The molecule has 6 nitrogen and oxygen atoms in total. The maximum atomic E-state index is 13.3. The van der Waals surface area contributed by atoms with E-state index in [0.717, 1.165) is 16.9 Å². The summed E-state index contributed by atoms with van der Waals surface area (Å²) in [7, 11) is 1.59. The number of aromatic carboxylic acids is 1. The van der Waals surface area contributed by atoms with Crippen molar-refractivity contribution < 1.29 is 28.6 Å². The van der Waals surface area contributed by atoms with Crippen molar-refractivity contribution in [1.29, 1.82) is 0 Å². The molecule has 0 aromatic heterocycles. The molecule has 0 fully saturated rings. The predicted molar refractivity (Wildman–Crippen MR) is 122 cm³/mol. The first-order valence-electron chi connectivity index (χ1n) is 10.2. The second-order valence-corrected chi connectivity index (χ2v) is 7.71. The average Bonchev–Trinajstić information content (AvgIpc) is 2.82. The number of carbonyl (C=O) groups is 2. The van der Waals surface area contributed by atoms with Gasteiger partial charge < -0.3 is 19.5 Å². The number of carboxylic acid groups (broad SMARTS) is 1. The molecule has 1 amide bonds. The lowest BCUT2D eigenvalue weighted by atomic mass is 10.1. The first kappa shape index (κ1) is 24.1. The lowest BCUT2D eigenvalue weighted by molar-refractivity contribution is -0.134. The van der Waals surface area contributed by atoms with E-state index in [1.165, 1.54) is 30.3 Å². The number of methoxy groups -OCH3 is 1. The van der Waals surface area contributed by atoms with Gasteiger partial charge in [-0.3, -0.25) is 4.79 Å². The Morgan fingerprint density at radius 1 is 1.00 bits per heavy atom. The molecule has 0 saturated carbocycles. The smallest absolute Gasteiger partial charge is 0.339 e. The molecular formula is C25H23ClFNO5. The van der Waals surface area contributed by atoms with Gasteiger partial charge in [-0.25, -0.2) is 9.18 Å². The van der Waals surface area contributed by atoms with E-state index in [-0.39, 0.29) is 41.2 Å². The molecule has 0 aliphatic rings. The van der Waals surface area contributed by atoms with Crippen LogP contribution in [0.2, 0.25) is 5.02 Å².